The van der Waals surface area contributed by atoms with Gasteiger partial charge >= 0.3 is 0 Å². The van der Waals surface area contributed by atoms with E-state index in [1.807, 2.05) is 13.1 Å². The molecule has 3 rings (SSSR count). The predicted octanol–water partition coefficient (Wildman–Crippen LogP) is 4.32. The number of methoxy groups -OCH3 is 1. The van der Waals surface area contributed by atoms with E-state index in [0.29, 0.717) is 17.9 Å². The molecule has 2 fully saturated rings. The third kappa shape index (κ3) is 9.02. The van der Waals surface area contributed by atoms with Gasteiger partial charge in [0, 0.05) is 39.3 Å². The van der Waals surface area contributed by atoms with Crippen LogP contribution in [0.4, 0.5) is 4.39 Å². The highest BCUT2D eigenvalue weighted by molar-refractivity contribution is 14.0. The largest absolute Gasteiger partial charge is 0.494 e. The Bertz CT molecular complexity index is 691. The predicted molar refractivity (Wildman–Crippen MR) is 139 cm³/mol. The quantitative estimate of drug-likeness (QED) is 0.163. The van der Waals surface area contributed by atoms with Crippen molar-refractivity contribution in [2.24, 2.45) is 4.99 Å². The van der Waals surface area contributed by atoms with Crippen LogP contribution in [0, 0.1) is 5.82 Å². The number of hydrogen-bond donors (Lipinski definition) is 2. The molecule has 2 N–H and O–H groups in total. The summed E-state index contributed by atoms with van der Waals surface area (Å²) in [7, 11) is 3.30. The summed E-state index contributed by atoms with van der Waals surface area (Å²) in [5.41, 5.74) is 0.982. The zero-order valence-electron chi connectivity index (χ0n) is 19.6. The van der Waals surface area contributed by atoms with Gasteiger partial charge in [-0.05, 0) is 43.4 Å². The molecule has 0 unspecified atom stereocenters. The zero-order valence-corrected chi connectivity index (χ0v) is 21.9. The van der Waals surface area contributed by atoms with Crippen LogP contribution in [0.25, 0.3) is 0 Å². The van der Waals surface area contributed by atoms with Crippen molar-refractivity contribution in [1.82, 2.24) is 15.5 Å². The molecule has 2 aliphatic rings. The summed E-state index contributed by atoms with van der Waals surface area (Å²) in [6.45, 7) is 4.22. The summed E-state index contributed by atoms with van der Waals surface area (Å²) in [6.07, 6.45) is 10.2. The van der Waals surface area contributed by atoms with E-state index in [4.69, 9.17) is 9.47 Å². The second-order valence-electron chi connectivity index (χ2n) is 8.65. The maximum atomic E-state index is 13.9. The summed E-state index contributed by atoms with van der Waals surface area (Å²) in [5, 5.41) is 6.93. The van der Waals surface area contributed by atoms with Gasteiger partial charge in [-0.3, -0.25) is 9.89 Å². The molecule has 6 nitrogen and oxygen atoms in total. The highest BCUT2D eigenvalue weighted by Crippen LogP contribution is 2.21. The lowest BCUT2D eigenvalue weighted by molar-refractivity contribution is 0.0467. The van der Waals surface area contributed by atoms with E-state index >= 15 is 0 Å². The lowest BCUT2D eigenvalue weighted by Gasteiger charge is -2.33. The van der Waals surface area contributed by atoms with Crippen LogP contribution in [0.15, 0.2) is 23.2 Å². The minimum absolute atomic E-state index is 0. The highest BCUT2D eigenvalue weighted by atomic mass is 127. The standard InChI is InChI=1S/C24H39FN4O2.HI/c1-26-24(27-13-16-31-21-7-5-3-4-6-8-21)28-20-11-14-29(15-12-20)18-19-9-10-23(30-2)22(25)17-19;/h9-10,17,20-21H,3-8,11-16,18H2,1-2H3,(H2,26,27,28);1H. The van der Waals surface area contributed by atoms with Crippen molar-refractivity contribution in [3.05, 3.63) is 29.6 Å². The number of nitrogens with one attached hydrogen (secondary N) is 2. The minimum atomic E-state index is -0.297. The van der Waals surface area contributed by atoms with Crippen LogP contribution in [0.3, 0.4) is 0 Å². The first-order chi connectivity index (χ1) is 15.2. The van der Waals surface area contributed by atoms with E-state index < -0.39 is 0 Å². The molecule has 0 aromatic heterocycles. The summed E-state index contributed by atoms with van der Waals surface area (Å²) in [4.78, 5) is 6.74. The van der Waals surface area contributed by atoms with E-state index in [9.17, 15) is 4.39 Å². The SMILES string of the molecule is CN=C(NCCOC1CCCCCC1)NC1CCN(Cc2ccc(OC)c(F)c2)CC1.I. The second kappa shape index (κ2) is 14.9. The third-order valence-corrected chi connectivity index (χ3v) is 6.32. The molecule has 0 bridgehead atoms. The van der Waals surface area contributed by atoms with Crippen molar-refractivity contribution >= 4 is 29.9 Å². The maximum absolute atomic E-state index is 13.9. The first-order valence-corrected chi connectivity index (χ1v) is 11.8. The van der Waals surface area contributed by atoms with Gasteiger partial charge in [-0.2, -0.15) is 0 Å². The Labute approximate surface area is 209 Å². The Kier molecular flexibility index (Phi) is 12.6. The second-order valence-corrected chi connectivity index (χ2v) is 8.65. The van der Waals surface area contributed by atoms with Gasteiger partial charge in [-0.25, -0.2) is 4.39 Å². The molecule has 182 valence electrons. The zero-order chi connectivity index (χ0) is 21.9. The topological polar surface area (TPSA) is 58.1 Å². The summed E-state index contributed by atoms with van der Waals surface area (Å²) in [6, 6.07) is 5.62. The molecule has 8 heteroatoms. The van der Waals surface area contributed by atoms with Gasteiger partial charge in [0.2, 0.25) is 0 Å². The number of benzene rings is 1. The van der Waals surface area contributed by atoms with Crippen molar-refractivity contribution in [2.75, 3.05) is 40.4 Å². The number of nitrogens with zero attached hydrogens (tertiary/aromatic N) is 2. The van der Waals surface area contributed by atoms with Crippen LogP contribution in [0.2, 0.25) is 0 Å². The highest BCUT2D eigenvalue weighted by Gasteiger charge is 2.20. The van der Waals surface area contributed by atoms with Crippen molar-refractivity contribution < 1.29 is 13.9 Å². The van der Waals surface area contributed by atoms with Gasteiger partial charge < -0.3 is 20.1 Å². The Balaban J connectivity index is 0.00000363. The minimum Gasteiger partial charge on any atom is -0.494 e. The number of rotatable bonds is 8. The fourth-order valence-corrected chi connectivity index (χ4v) is 4.49. The lowest BCUT2D eigenvalue weighted by Crippen LogP contribution is -2.49. The van der Waals surface area contributed by atoms with Crippen molar-refractivity contribution in [1.29, 1.82) is 0 Å². The molecule has 32 heavy (non-hydrogen) atoms. The maximum Gasteiger partial charge on any atom is 0.191 e. The van der Waals surface area contributed by atoms with Crippen LogP contribution in [0.5, 0.6) is 5.75 Å². The van der Waals surface area contributed by atoms with Gasteiger partial charge in [0.1, 0.15) is 0 Å². The summed E-state index contributed by atoms with van der Waals surface area (Å²) < 4.78 is 25.0. The third-order valence-electron chi connectivity index (χ3n) is 6.32. The van der Waals surface area contributed by atoms with Crippen LogP contribution in [-0.2, 0) is 11.3 Å². The van der Waals surface area contributed by atoms with Gasteiger partial charge in [0.15, 0.2) is 17.5 Å². The lowest BCUT2D eigenvalue weighted by atomic mass is 10.0. The molecule has 1 saturated carbocycles. The van der Waals surface area contributed by atoms with Gasteiger partial charge in [0.25, 0.3) is 0 Å². The molecule has 1 saturated heterocycles. The fraction of sp³-hybridized carbons (Fsp3) is 0.708. The average Bonchev–Trinajstić information content (AvgIpc) is 3.06. The number of likely N-dealkylation sites (tertiary alicyclic amines) is 1. The average molecular weight is 563 g/mol. The molecule has 1 heterocycles. The van der Waals surface area contributed by atoms with E-state index in [1.165, 1.54) is 45.6 Å². The molecule has 1 aromatic rings. The molecule has 1 aromatic carbocycles. The van der Waals surface area contributed by atoms with Crippen LogP contribution < -0.4 is 15.4 Å². The van der Waals surface area contributed by atoms with E-state index in [-0.39, 0.29) is 29.8 Å². The first-order valence-electron chi connectivity index (χ1n) is 11.8. The normalized spacial score (nSPS) is 19.2. The number of piperidine rings is 1. The van der Waals surface area contributed by atoms with E-state index in [1.54, 1.807) is 12.1 Å². The van der Waals surface area contributed by atoms with Crippen LogP contribution in [-0.4, -0.2) is 63.4 Å². The van der Waals surface area contributed by atoms with E-state index in [0.717, 1.165) is 57.2 Å². The van der Waals surface area contributed by atoms with Gasteiger partial charge in [-0.15, -0.1) is 24.0 Å². The fourth-order valence-electron chi connectivity index (χ4n) is 4.49. The van der Waals surface area contributed by atoms with E-state index in [2.05, 4.69) is 20.5 Å². The number of aliphatic imine (C=N–C) groups is 1. The number of halogens is 2. The smallest absolute Gasteiger partial charge is 0.191 e. The van der Waals surface area contributed by atoms with Gasteiger partial charge in [0.05, 0.1) is 19.8 Å². The monoisotopic (exact) mass is 562 g/mol. The van der Waals surface area contributed by atoms with Crippen molar-refractivity contribution in [3.63, 3.8) is 0 Å². The summed E-state index contributed by atoms with van der Waals surface area (Å²) in [5.74, 6) is 0.847. The van der Waals surface area contributed by atoms with Crippen molar-refractivity contribution in [2.45, 2.75) is 70.1 Å². The van der Waals surface area contributed by atoms with Crippen molar-refractivity contribution in [3.8, 4) is 5.75 Å². The number of ether oxygens (including phenoxy) is 2. The molecule has 1 aliphatic heterocycles. The number of hydrogen-bond acceptors (Lipinski definition) is 4. The Morgan fingerprint density at radius 2 is 1.84 bits per heavy atom. The van der Waals surface area contributed by atoms with Crippen LogP contribution in [0.1, 0.15) is 56.9 Å². The molecule has 0 spiro atoms. The number of guanidine groups is 1. The van der Waals surface area contributed by atoms with Gasteiger partial charge in [-0.1, -0.05) is 31.7 Å². The molecule has 0 atom stereocenters. The molecule has 0 amide bonds. The molecule has 0 radical (unpaired) electrons. The van der Waals surface area contributed by atoms with Crippen LogP contribution >= 0.6 is 24.0 Å². The first kappa shape index (κ1) is 27.1. The Hall–Kier alpha value is -1.13. The summed E-state index contributed by atoms with van der Waals surface area (Å²) >= 11 is 0. The Morgan fingerprint density at radius 3 is 2.47 bits per heavy atom. The Morgan fingerprint density at radius 1 is 1.12 bits per heavy atom. The molecule has 1 aliphatic carbocycles. The molecular formula is C24H40FIN4O2. The molecular weight excluding hydrogens is 522 g/mol.